The van der Waals surface area contributed by atoms with E-state index in [0.717, 1.165) is 23.4 Å². The number of aromatic nitrogens is 1. The molecule has 0 radical (unpaired) electrons. The first-order valence-electron chi connectivity index (χ1n) is 3.86. The van der Waals surface area contributed by atoms with Gasteiger partial charge in [0.15, 0.2) is 0 Å². The number of pyridine rings is 1. The summed E-state index contributed by atoms with van der Waals surface area (Å²) in [5, 5.41) is 0. The Balaban J connectivity index is 2.77. The third kappa shape index (κ3) is 2.60. The van der Waals surface area contributed by atoms with Crippen LogP contribution in [-0.4, -0.2) is 10.7 Å². The van der Waals surface area contributed by atoms with E-state index in [-0.39, 0.29) is 0 Å². The molecule has 0 saturated heterocycles. The Morgan fingerprint density at radius 1 is 1.58 bits per heavy atom. The molecule has 1 nitrogen and oxygen atoms in total. The Labute approximate surface area is 78.6 Å². The maximum atomic E-state index is 4.15. The molecule has 0 fully saturated rings. The Kier molecular flexibility index (Phi) is 3.69. The van der Waals surface area contributed by atoms with Crippen molar-refractivity contribution in [1.29, 1.82) is 0 Å². The zero-order valence-electron chi connectivity index (χ0n) is 7.04. The highest BCUT2D eigenvalue weighted by Crippen LogP contribution is 2.00. The van der Waals surface area contributed by atoms with Gasteiger partial charge < -0.3 is 0 Å². The fourth-order valence-electron chi connectivity index (χ4n) is 0.819. The number of nitrogens with zero attached hydrogens (tertiary/aromatic N) is 1. The first-order chi connectivity index (χ1) is 5.84. The second kappa shape index (κ2) is 4.84. The SMILES string of the molecule is Cc1cccnc1C#CCCS. The van der Waals surface area contributed by atoms with Crippen LogP contribution in [0.25, 0.3) is 0 Å². The number of aryl methyl sites for hydroxylation is 1. The Bertz CT molecular complexity index is 309. The molecule has 0 aliphatic carbocycles. The van der Waals surface area contributed by atoms with Crippen molar-refractivity contribution in [2.75, 3.05) is 5.75 Å². The largest absolute Gasteiger partial charge is 0.248 e. The van der Waals surface area contributed by atoms with Gasteiger partial charge >= 0.3 is 0 Å². The average molecular weight is 177 g/mol. The lowest BCUT2D eigenvalue weighted by Crippen LogP contribution is -1.85. The lowest BCUT2D eigenvalue weighted by atomic mass is 10.2. The molecule has 0 saturated carbocycles. The summed E-state index contributed by atoms with van der Waals surface area (Å²) in [5.74, 6) is 6.81. The van der Waals surface area contributed by atoms with Gasteiger partial charge in [0, 0.05) is 18.4 Å². The minimum absolute atomic E-state index is 0.804. The minimum atomic E-state index is 0.804. The van der Waals surface area contributed by atoms with Crippen molar-refractivity contribution in [3.63, 3.8) is 0 Å². The van der Waals surface area contributed by atoms with Crippen LogP contribution in [-0.2, 0) is 0 Å². The topological polar surface area (TPSA) is 12.9 Å². The molecule has 0 N–H and O–H groups in total. The third-order valence-corrected chi connectivity index (χ3v) is 1.68. The summed E-state index contributed by atoms with van der Waals surface area (Å²) in [7, 11) is 0. The van der Waals surface area contributed by atoms with E-state index in [1.54, 1.807) is 6.20 Å². The Morgan fingerprint density at radius 2 is 2.42 bits per heavy atom. The van der Waals surface area contributed by atoms with Crippen molar-refractivity contribution in [2.24, 2.45) is 0 Å². The van der Waals surface area contributed by atoms with Crippen LogP contribution in [0, 0.1) is 18.8 Å². The molecular weight excluding hydrogens is 166 g/mol. The lowest BCUT2D eigenvalue weighted by molar-refractivity contribution is 1.22. The Hall–Kier alpha value is -0.940. The number of hydrogen-bond acceptors (Lipinski definition) is 2. The quantitative estimate of drug-likeness (QED) is 0.512. The molecule has 1 aromatic heterocycles. The zero-order valence-corrected chi connectivity index (χ0v) is 7.94. The first kappa shape index (κ1) is 9.15. The summed E-state index contributed by atoms with van der Waals surface area (Å²) in [6, 6.07) is 3.93. The molecular formula is C10H11NS. The summed E-state index contributed by atoms with van der Waals surface area (Å²) >= 11 is 4.07. The average Bonchev–Trinajstić information content (AvgIpc) is 2.09. The van der Waals surface area contributed by atoms with Crippen LogP contribution in [0.2, 0.25) is 0 Å². The number of hydrogen-bond donors (Lipinski definition) is 1. The monoisotopic (exact) mass is 177 g/mol. The van der Waals surface area contributed by atoms with Gasteiger partial charge in [-0.15, -0.1) is 0 Å². The van der Waals surface area contributed by atoms with Crippen LogP contribution in [0.1, 0.15) is 17.7 Å². The standard InChI is InChI=1S/C10H11NS/c1-9-5-4-7-11-10(9)6-2-3-8-12/h4-5,7,12H,3,8H2,1H3. The van der Waals surface area contributed by atoms with E-state index >= 15 is 0 Å². The maximum Gasteiger partial charge on any atom is 0.116 e. The number of thiol groups is 1. The van der Waals surface area contributed by atoms with E-state index in [4.69, 9.17) is 0 Å². The molecule has 0 aliphatic heterocycles. The normalized spacial score (nSPS) is 8.83. The molecule has 0 bridgehead atoms. The molecule has 2 heteroatoms. The van der Waals surface area contributed by atoms with E-state index in [9.17, 15) is 0 Å². The van der Waals surface area contributed by atoms with Crippen molar-refractivity contribution in [2.45, 2.75) is 13.3 Å². The van der Waals surface area contributed by atoms with Crippen LogP contribution >= 0.6 is 12.6 Å². The number of rotatable bonds is 1. The molecule has 1 rings (SSSR count). The zero-order chi connectivity index (χ0) is 8.81. The van der Waals surface area contributed by atoms with Crippen LogP contribution in [0.3, 0.4) is 0 Å². The molecule has 62 valence electrons. The van der Waals surface area contributed by atoms with Crippen LogP contribution < -0.4 is 0 Å². The third-order valence-electron chi connectivity index (χ3n) is 1.45. The van der Waals surface area contributed by atoms with Gasteiger partial charge in [0.05, 0.1) is 0 Å². The van der Waals surface area contributed by atoms with Crippen molar-refractivity contribution in [3.8, 4) is 11.8 Å². The van der Waals surface area contributed by atoms with E-state index in [1.807, 2.05) is 19.1 Å². The molecule has 1 aromatic rings. The van der Waals surface area contributed by atoms with Crippen molar-refractivity contribution < 1.29 is 0 Å². The molecule has 0 atom stereocenters. The molecule has 0 spiro atoms. The molecule has 0 unspecified atom stereocenters. The summed E-state index contributed by atoms with van der Waals surface area (Å²) in [5.41, 5.74) is 2.00. The highest BCUT2D eigenvalue weighted by Gasteiger charge is 1.90. The van der Waals surface area contributed by atoms with Gasteiger partial charge in [-0.2, -0.15) is 12.6 Å². The second-order valence-corrected chi connectivity index (χ2v) is 2.89. The lowest BCUT2D eigenvalue weighted by Gasteiger charge is -1.93. The predicted molar refractivity (Wildman–Crippen MR) is 54.3 cm³/mol. The summed E-state index contributed by atoms with van der Waals surface area (Å²) < 4.78 is 0. The van der Waals surface area contributed by atoms with Gasteiger partial charge in [-0.1, -0.05) is 12.0 Å². The van der Waals surface area contributed by atoms with Crippen molar-refractivity contribution >= 4 is 12.6 Å². The highest BCUT2D eigenvalue weighted by atomic mass is 32.1. The predicted octanol–water partition coefficient (Wildman–Crippen LogP) is 2.06. The van der Waals surface area contributed by atoms with Gasteiger partial charge in [0.25, 0.3) is 0 Å². The minimum Gasteiger partial charge on any atom is -0.248 e. The fraction of sp³-hybridized carbons (Fsp3) is 0.300. The molecule has 0 aliphatic rings. The van der Waals surface area contributed by atoms with Gasteiger partial charge in [-0.25, -0.2) is 4.98 Å². The first-order valence-corrected chi connectivity index (χ1v) is 4.49. The van der Waals surface area contributed by atoms with Crippen molar-refractivity contribution in [1.82, 2.24) is 4.98 Å². The second-order valence-electron chi connectivity index (χ2n) is 2.44. The highest BCUT2D eigenvalue weighted by molar-refractivity contribution is 7.80. The molecule has 0 aromatic carbocycles. The van der Waals surface area contributed by atoms with E-state index in [1.165, 1.54) is 0 Å². The summed E-state index contributed by atoms with van der Waals surface area (Å²) in [4.78, 5) is 4.15. The van der Waals surface area contributed by atoms with Crippen molar-refractivity contribution in [3.05, 3.63) is 29.6 Å². The van der Waals surface area contributed by atoms with E-state index < -0.39 is 0 Å². The van der Waals surface area contributed by atoms with Gasteiger partial charge in [0.1, 0.15) is 5.69 Å². The Morgan fingerprint density at radius 3 is 3.08 bits per heavy atom. The van der Waals surface area contributed by atoms with Gasteiger partial charge in [-0.05, 0) is 24.5 Å². The van der Waals surface area contributed by atoms with Crippen LogP contribution in [0.4, 0.5) is 0 Å². The van der Waals surface area contributed by atoms with Gasteiger partial charge in [0.2, 0.25) is 0 Å². The molecule has 12 heavy (non-hydrogen) atoms. The summed E-state index contributed by atoms with van der Waals surface area (Å²) in [6.45, 7) is 2.01. The van der Waals surface area contributed by atoms with Crippen LogP contribution in [0.15, 0.2) is 18.3 Å². The van der Waals surface area contributed by atoms with Crippen LogP contribution in [0.5, 0.6) is 0 Å². The fourth-order valence-corrected chi connectivity index (χ4v) is 0.930. The van der Waals surface area contributed by atoms with E-state index in [0.29, 0.717) is 0 Å². The molecule has 0 amide bonds. The molecule has 1 heterocycles. The maximum absolute atomic E-state index is 4.15. The van der Waals surface area contributed by atoms with E-state index in [2.05, 4.69) is 29.5 Å². The van der Waals surface area contributed by atoms with Gasteiger partial charge in [-0.3, -0.25) is 0 Å². The smallest absolute Gasteiger partial charge is 0.116 e. The summed E-state index contributed by atoms with van der Waals surface area (Å²) in [6.07, 6.45) is 2.58.